The smallest absolute Gasteiger partial charge is 0.342 e. The highest BCUT2D eigenvalue weighted by Crippen LogP contribution is 2.21. The summed E-state index contributed by atoms with van der Waals surface area (Å²) in [6.07, 6.45) is 0. The first-order valence-corrected chi connectivity index (χ1v) is 9.12. The van der Waals surface area contributed by atoms with Crippen LogP contribution in [0.25, 0.3) is 0 Å². The Bertz CT molecular complexity index is 1070. The molecule has 0 heterocycles. The minimum Gasteiger partial charge on any atom is -0.488 e. The van der Waals surface area contributed by atoms with Gasteiger partial charge in [0.25, 0.3) is 5.91 Å². The van der Waals surface area contributed by atoms with E-state index in [1.165, 1.54) is 6.07 Å². The minimum absolute atomic E-state index is 0.148. The molecule has 0 saturated carbocycles. The summed E-state index contributed by atoms with van der Waals surface area (Å²) in [5.41, 5.74) is 1.84. The second-order valence-electron chi connectivity index (χ2n) is 6.52. The highest BCUT2D eigenvalue weighted by atomic mass is 19.1. The zero-order chi connectivity index (χ0) is 21.5. The molecule has 0 radical (unpaired) electrons. The third-order valence-corrected chi connectivity index (χ3v) is 4.12. The number of benzene rings is 3. The highest BCUT2D eigenvalue weighted by Gasteiger charge is 2.16. The van der Waals surface area contributed by atoms with Crippen LogP contribution in [0.4, 0.5) is 14.5 Å². The fourth-order valence-corrected chi connectivity index (χ4v) is 2.71. The van der Waals surface area contributed by atoms with Crippen molar-refractivity contribution in [1.29, 1.82) is 0 Å². The Morgan fingerprint density at radius 1 is 0.967 bits per heavy atom. The average Bonchev–Trinajstić information content (AvgIpc) is 2.73. The van der Waals surface area contributed by atoms with Gasteiger partial charge < -0.3 is 14.8 Å². The summed E-state index contributed by atoms with van der Waals surface area (Å²) in [6, 6.07) is 16.9. The predicted molar refractivity (Wildman–Crippen MR) is 107 cm³/mol. The van der Waals surface area contributed by atoms with Crippen molar-refractivity contribution in [3.8, 4) is 5.75 Å². The van der Waals surface area contributed by atoms with Gasteiger partial charge >= 0.3 is 5.97 Å². The Morgan fingerprint density at radius 2 is 1.77 bits per heavy atom. The fraction of sp³-hybridized carbons (Fsp3) is 0.130. The van der Waals surface area contributed by atoms with Crippen molar-refractivity contribution in [3.63, 3.8) is 0 Å². The van der Waals surface area contributed by atoms with Crippen molar-refractivity contribution in [3.05, 3.63) is 95.1 Å². The summed E-state index contributed by atoms with van der Waals surface area (Å²) in [7, 11) is 0. The maximum absolute atomic E-state index is 13.6. The van der Waals surface area contributed by atoms with Gasteiger partial charge in [-0.25, -0.2) is 13.6 Å². The maximum atomic E-state index is 13.6. The molecule has 0 aliphatic carbocycles. The molecule has 0 aliphatic heterocycles. The van der Waals surface area contributed by atoms with E-state index in [2.05, 4.69) is 5.32 Å². The molecule has 0 fully saturated rings. The first kappa shape index (κ1) is 21.0. The number of carbonyl (C=O) groups excluding carboxylic acids is 2. The van der Waals surface area contributed by atoms with Crippen molar-refractivity contribution < 1.29 is 27.8 Å². The molecule has 3 aromatic carbocycles. The number of amides is 1. The van der Waals surface area contributed by atoms with E-state index in [1.54, 1.807) is 18.2 Å². The van der Waals surface area contributed by atoms with E-state index in [0.717, 1.165) is 29.3 Å². The van der Waals surface area contributed by atoms with Gasteiger partial charge in [-0.15, -0.1) is 0 Å². The minimum atomic E-state index is -0.800. The average molecular weight is 411 g/mol. The van der Waals surface area contributed by atoms with Crippen molar-refractivity contribution in [2.24, 2.45) is 0 Å². The molecule has 7 heteroatoms. The number of esters is 1. The monoisotopic (exact) mass is 411 g/mol. The van der Waals surface area contributed by atoms with E-state index in [0.29, 0.717) is 5.75 Å². The Labute approximate surface area is 172 Å². The van der Waals surface area contributed by atoms with Gasteiger partial charge in [-0.2, -0.15) is 0 Å². The molecule has 154 valence electrons. The quantitative estimate of drug-likeness (QED) is 0.575. The number of para-hydroxylation sites is 1. The van der Waals surface area contributed by atoms with Crippen LogP contribution in [0.15, 0.2) is 66.7 Å². The molecule has 3 aromatic rings. The van der Waals surface area contributed by atoms with E-state index in [1.807, 2.05) is 31.2 Å². The van der Waals surface area contributed by atoms with Crippen LogP contribution in [0.5, 0.6) is 5.75 Å². The molecule has 3 rings (SSSR count). The molecule has 5 nitrogen and oxygen atoms in total. The third kappa shape index (κ3) is 5.64. The van der Waals surface area contributed by atoms with E-state index < -0.39 is 30.1 Å². The normalized spacial score (nSPS) is 10.4. The molecule has 1 amide bonds. The van der Waals surface area contributed by atoms with Gasteiger partial charge in [-0.05, 0) is 36.8 Å². The lowest BCUT2D eigenvalue weighted by atomic mass is 10.1. The Hall–Kier alpha value is -3.74. The van der Waals surface area contributed by atoms with Crippen LogP contribution in [0.2, 0.25) is 0 Å². The van der Waals surface area contributed by atoms with Gasteiger partial charge in [-0.1, -0.05) is 42.0 Å². The largest absolute Gasteiger partial charge is 0.488 e. The number of nitrogens with one attached hydrogen (secondary N) is 1. The number of ether oxygens (including phenoxy) is 2. The number of aryl methyl sites for hydroxylation is 1. The lowest BCUT2D eigenvalue weighted by Gasteiger charge is -2.12. The molecule has 0 aromatic heterocycles. The molecular formula is C23H19F2NO4. The maximum Gasteiger partial charge on any atom is 0.342 e. The van der Waals surface area contributed by atoms with Gasteiger partial charge in [0.05, 0.1) is 5.69 Å². The zero-order valence-electron chi connectivity index (χ0n) is 16.2. The van der Waals surface area contributed by atoms with Crippen LogP contribution in [-0.2, 0) is 16.1 Å². The summed E-state index contributed by atoms with van der Waals surface area (Å²) in [6.45, 7) is 1.56. The van der Waals surface area contributed by atoms with Gasteiger partial charge in [0.2, 0.25) is 0 Å². The molecule has 0 unspecified atom stereocenters. The first-order valence-electron chi connectivity index (χ1n) is 9.12. The third-order valence-electron chi connectivity index (χ3n) is 4.12. The number of carbonyl (C=O) groups is 2. The van der Waals surface area contributed by atoms with Gasteiger partial charge in [-0.3, -0.25) is 4.79 Å². The molecule has 30 heavy (non-hydrogen) atoms. The molecule has 1 N–H and O–H groups in total. The molecule has 0 atom stereocenters. The molecule has 0 aliphatic rings. The van der Waals surface area contributed by atoms with Crippen LogP contribution >= 0.6 is 0 Å². The first-order chi connectivity index (χ1) is 14.4. The number of rotatable bonds is 7. The van der Waals surface area contributed by atoms with Crippen LogP contribution in [0.3, 0.4) is 0 Å². The van der Waals surface area contributed by atoms with E-state index in [-0.39, 0.29) is 17.9 Å². The molecular weight excluding hydrogens is 392 g/mol. The Balaban J connectivity index is 1.60. The molecule has 0 saturated heterocycles. The molecule has 0 bridgehead atoms. The van der Waals surface area contributed by atoms with Crippen LogP contribution in [-0.4, -0.2) is 18.5 Å². The summed E-state index contributed by atoms with van der Waals surface area (Å²) < 4.78 is 37.5. The topological polar surface area (TPSA) is 64.6 Å². The predicted octanol–water partition coefficient (Wildman–Crippen LogP) is 4.65. The van der Waals surface area contributed by atoms with Gasteiger partial charge in [0, 0.05) is 6.07 Å². The lowest BCUT2D eigenvalue weighted by molar-refractivity contribution is -0.119. The second-order valence-corrected chi connectivity index (χ2v) is 6.52. The number of hydrogen-bond acceptors (Lipinski definition) is 4. The summed E-state index contributed by atoms with van der Waals surface area (Å²) >= 11 is 0. The van der Waals surface area contributed by atoms with Crippen molar-refractivity contribution in [1.82, 2.24) is 0 Å². The lowest BCUT2D eigenvalue weighted by Crippen LogP contribution is -2.21. The van der Waals surface area contributed by atoms with E-state index in [4.69, 9.17) is 9.47 Å². The van der Waals surface area contributed by atoms with Gasteiger partial charge in [0.15, 0.2) is 6.61 Å². The standard InChI is InChI=1S/C23H19F2NO4/c1-15-5-4-6-16(11-15)13-29-21-8-3-2-7-18(21)23(28)30-14-22(27)26-20-12-17(24)9-10-19(20)25/h2-12H,13-14H2,1H3,(H,26,27). The Kier molecular flexibility index (Phi) is 6.75. The van der Waals surface area contributed by atoms with Crippen LogP contribution in [0.1, 0.15) is 21.5 Å². The molecule has 0 spiro atoms. The fourth-order valence-electron chi connectivity index (χ4n) is 2.71. The Morgan fingerprint density at radius 3 is 2.57 bits per heavy atom. The summed E-state index contributed by atoms with van der Waals surface area (Å²) in [5, 5.41) is 2.16. The van der Waals surface area contributed by atoms with Crippen molar-refractivity contribution in [2.45, 2.75) is 13.5 Å². The zero-order valence-corrected chi connectivity index (χ0v) is 16.2. The summed E-state index contributed by atoms with van der Waals surface area (Å²) in [5.74, 6) is -2.77. The van der Waals surface area contributed by atoms with Crippen molar-refractivity contribution in [2.75, 3.05) is 11.9 Å². The summed E-state index contributed by atoms with van der Waals surface area (Å²) in [4.78, 5) is 24.3. The van der Waals surface area contributed by atoms with E-state index >= 15 is 0 Å². The van der Waals surface area contributed by atoms with Gasteiger partial charge in [0.1, 0.15) is 29.6 Å². The number of anilines is 1. The van der Waals surface area contributed by atoms with Crippen molar-refractivity contribution >= 4 is 17.6 Å². The van der Waals surface area contributed by atoms with Crippen LogP contribution < -0.4 is 10.1 Å². The number of hydrogen-bond donors (Lipinski definition) is 1. The van der Waals surface area contributed by atoms with Crippen LogP contribution in [0, 0.1) is 18.6 Å². The highest BCUT2D eigenvalue weighted by molar-refractivity contribution is 5.96. The SMILES string of the molecule is Cc1cccc(COc2ccccc2C(=O)OCC(=O)Nc2cc(F)ccc2F)c1. The van der Waals surface area contributed by atoms with E-state index in [9.17, 15) is 18.4 Å². The second kappa shape index (κ2) is 9.65. The number of halogens is 2.